The number of rotatable bonds is 3. The summed E-state index contributed by atoms with van der Waals surface area (Å²) in [4.78, 5) is 14.3. The largest absolute Gasteiger partial charge is 0.488 e. The maximum absolute atomic E-state index is 12.5. The van der Waals surface area contributed by atoms with Crippen LogP contribution in [0.15, 0.2) is 29.8 Å². The van der Waals surface area contributed by atoms with Crippen molar-refractivity contribution in [3.05, 3.63) is 35.4 Å². The number of ether oxygens (including phenoxy) is 1. The van der Waals surface area contributed by atoms with Crippen molar-refractivity contribution in [2.45, 2.75) is 25.8 Å². The lowest BCUT2D eigenvalue weighted by Gasteiger charge is -2.27. The van der Waals surface area contributed by atoms with Crippen molar-refractivity contribution in [1.29, 1.82) is 0 Å². The fourth-order valence-electron chi connectivity index (χ4n) is 2.55. The molecule has 3 heteroatoms. The highest BCUT2D eigenvalue weighted by atomic mass is 16.5. The Hall–Kier alpha value is -1.77. The van der Waals surface area contributed by atoms with Gasteiger partial charge in [-0.3, -0.25) is 4.79 Å². The number of hydrogen-bond acceptors (Lipinski definition) is 2. The second kappa shape index (κ2) is 4.72. The van der Waals surface area contributed by atoms with E-state index in [4.69, 9.17) is 4.74 Å². The van der Waals surface area contributed by atoms with Gasteiger partial charge in [-0.1, -0.05) is 18.2 Å². The molecular formula is C16H19NO2. The molecule has 3 rings (SSSR count). The normalized spacial score (nSPS) is 18.9. The van der Waals surface area contributed by atoms with Gasteiger partial charge in [-0.25, -0.2) is 0 Å². The average molecular weight is 257 g/mol. The first-order chi connectivity index (χ1) is 9.16. The standard InChI is InChI=1S/C16H19NO2/c1-11(12-7-8-12)17(2)16(18)14-9-13-5-3-4-6-15(13)19-10-14/h3-6,9,11-12H,7-8,10H2,1-2H3. The smallest absolute Gasteiger partial charge is 0.253 e. The molecule has 1 unspecified atom stereocenters. The Kier molecular flexibility index (Phi) is 3.05. The van der Waals surface area contributed by atoms with Crippen LogP contribution >= 0.6 is 0 Å². The molecule has 1 saturated carbocycles. The summed E-state index contributed by atoms with van der Waals surface area (Å²) in [6.07, 6.45) is 4.45. The zero-order valence-electron chi connectivity index (χ0n) is 11.4. The first-order valence-corrected chi connectivity index (χ1v) is 6.86. The summed E-state index contributed by atoms with van der Waals surface area (Å²) >= 11 is 0. The predicted molar refractivity (Wildman–Crippen MR) is 74.9 cm³/mol. The quantitative estimate of drug-likeness (QED) is 0.833. The molecule has 3 nitrogen and oxygen atoms in total. The molecule has 1 aliphatic heterocycles. The molecule has 100 valence electrons. The van der Waals surface area contributed by atoms with E-state index in [1.54, 1.807) is 0 Å². The van der Waals surface area contributed by atoms with Gasteiger partial charge in [-0.05, 0) is 37.8 Å². The molecule has 0 spiro atoms. The van der Waals surface area contributed by atoms with Crippen molar-refractivity contribution in [3.63, 3.8) is 0 Å². The van der Waals surface area contributed by atoms with Gasteiger partial charge in [0.2, 0.25) is 0 Å². The number of likely N-dealkylation sites (N-methyl/N-ethyl adjacent to an activating group) is 1. The zero-order valence-corrected chi connectivity index (χ0v) is 11.4. The molecule has 1 fully saturated rings. The lowest BCUT2D eigenvalue weighted by Crippen LogP contribution is -2.38. The first-order valence-electron chi connectivity index (χ1n) is 6.86. The molecule has 1 heterocycles. The van der Waals surface area contributed by atoms with Gasteiger partial charge in [0, 0.05) is 18.7 Å². The number of nitrogens with zero attached hydrogens (tertiary/aromatic N) is 1. The van der Waals surface area contributed by atoms with E-state index in [0.29, 0.717) is 18.6 Å². The highest BCUT2D eigenvalue weighted by molar-refractivity contribution is 5.99. The first kappa shape index (κ1) is 12.3. The van der Waals surface area contributed by atoms with Gasteiger partial charge in [0.05, 0.1) is 5.57 Å². The van der Waals surface area contributed by atoms with E-state index in [0.717, 1.165) is 16.9 Å². The third kappa shape index (κ3) is 2.37. The maximum Gasteiger partial charge on any atom is 0.253 e. The van der Waals surface area contributed by atoms with Crippen LogP contribution in [0.1, 0.15) is 25.3 Å². The number of amides is 1. The highest BCUT2D eigenvalue weighted by Crippen LogP contribution is 2.35. The summed E-state index contributed by atoms with van der Waals surface area (Å²) in [6.45, 7) is 2.51. The van der Waals surface area contributed by atoms with Crippen molar-refractivity contribution < 1.29 is 9.53 Å². The Morgan fingerprint density at radius 2 is 2.11 bits per heavy atom. The van der Waals surface area contributed by atoms with E-state index < -0.39 is 0 Å². The van der Waals surface area contributed by atoms with Crippen molar-refractivity contribution in [2.24, 2.45) is 5.92 Å². The SMILES string of the molecule is CC(C1CC1)N(C)C(=O)C1=Cc2ccccc2OC1. The Bertz CT molecular complexity index is 531. The minimum absolute atomic E-state index is 0.0916. The van der Waals surface area contributed by atoms with E-state index >= 15 is 0 Å². The number of fused-ring (bicyclic) bond motifs is 1. The van der Waals surface area contributed by atoms with Gasteiger partial charge in [0.1, 0.15) is 12.4 Å². The van der Waals surface area contributed by atoms with E-state index in [-0.39, 0.29) is 5.91 Å². The Morgan fingerprint density at radius 1 is 1.37 bits per heavy atom. The van der Waals surface area contributed by atoms with Crippen LogP contribution in [0.25, 0.3) is 6.08 Å². The summed E-state index contributed by atoms with van der Waals surface area (Å²) in [5.41, 5.74) is 1.73. The minimum Gasteiger partial charge on any atom is -0.488 e. The van der Waals surface area contributed by atoms with Gasteiger partial charge < -0.3 is 9.64 Å². The summed E-state index contributed by atoms with van der Waals surface area (Å²) in [5, 5.41) is 0. The number of carbonyl (C=O) groups excluding carboxylic acids is 1. The van der Waals surface area contributed by atoms with Crippen LogP contribution < -0.4 is 4.74 Å². The lowest BCUT2D eigenvalue weighted by atomic mass is 10.1. The average Bonchev–Trinajstić information content (AvgIpc) is 3.29. The van der Waals surface area contributed by atoms with Gasteiger partial charge in [-0.15, -0.1) is 0 Å². The molecule has 1 aromatic rings. The molecule has 1 aromatic carbocycles. The maximum atomic E-state index is 12.5. The lowest BCUT2D eigenvalue weighted by molar-refractivity contribution is -0.128. The summed E-state index contributed by atoms with van der Waals surface area (Å²) in [6, 6.07) is 8.14. The monoisotopic (exact) mass is 257 g/mol. The molecule has 0 radical (unpaired) electrons. The number of para-hydroxylation sites is 1. The van der Waals surface area contributed by atoms with Gasteiger partial charge >= 0.3 is 0 Å². The van der Waals surface area contributed by atoms with E-state index in [2.05, 4.69) is 6.92 Å². The zero-order chi connectivity index (χ0) is 13.4. The minimum atomic E-state index is 0.0916. The molecule has 1 atom stereocenters. The van der Waals surface area contributed by atoms with Crippen molar-refractivity contribution in [3.8, 4) is 5.75 Å². The Labute approximate surface area is 113 Å². The summed E-state index contributed by atoms with van der Waals surface area (Å²) in [7, 11) is 1.90. The molecule has 0 N–H and O–H groups in total. The third-order valence-electron chi connectivity index (χ3n) is 4.14. The van der Waals surface area contributed by atoms with Crippen LogP contribution in [-0.2, 0) is 4.79 Å². The molecule has 1 amide bonds. The number of hydrogen-bond donors (Lipinski definition) is 0. The molecule has 2 aliphatic rings. The van der Waals surface area contributed by atoms with Crippen molar-refractivity contribution in [1.82, 2.24) is 4.90 Å². The van der Waals surface area contributed by atoms with E-state index in [1.165, 1.54) is 12.8 Å². The highest BCUT2D eigenvalue weighted by Gasteiger charge is 2.33. The fraction of sp³-hybridized carbons (Fsp3) is 0.438. The Morgan fingerprint density at radius 3 is 2.84 bits per heavy atom. The molecule has 0 saturated heterocycles. The van der Waals surface area contributed by atoms with Crippen LogP contribution in [0.2, 0.25) is 0 Å². The second-order valence-corrected chi connectivity index (χ2v) is 5.49. The topological polar surface area (TPSA) is 29.5 Å². The molecular weight excluding hydrogens is 238 g/mol. The summed E-state index contributed by atoms with van der Waals surface area (Å²) < 4.78 is 5.65. The molecule has 0 aromatic heterocycles. The van der Waals surface area contributed by atoms with Crippen molar-refractivity contribution in [2.75, 3.05) is 13.7 Å². The van der Waals surface area contributed by atoms with E-state index in [1.807, 2.05) is 42.3 Å². The predicted octanol–water partition coefficient (Wildman–Crippen LogP) is 2.72. The van der Waals surface area contributed by atoms with Gasteiger partial charge in [0.15, 0.2) is 0 Å². The fourth-order valence-corrected chi connectivity index (χ4v) is 2.55. The number of benzene rings is 1. The summed E-state index contributed by atoms with van der Waals surface area (Å²) in [5.74, 6) is 1.64. The Balaban J connectivity index is 1.79. The van der Waals surface area contributed by atoms with Crippen LogP contribution in [0.5, 0.6) is 5.75 Å². The van der Waals surface area contributed by atoms with Gasteiger partial charge in [-0.2, -0.15) is 0 Å². The third-order valence-corrected chi connectivity index (χ3v) is 4.14. The molecule has 0 bridgehead atoms. The van der Waals surface area contributed by atoms with Crippen molar-refractivity contribution >= 4 is 12.0 Å². The van der Waals surface area contributed by atoms with Crippen LogP contribution in [0.3, 0.4) is 0 Å². The second-order valence-electron chi connectivity index (χ2n) is 5.49. The number of carbonyl (C=O) groups is 1. The van der Waals surface area contributed by atoms with E-state index in [9.17, 15) is 4.79 Å². The van der Waals surface area contributed by atoms with Crippen LogP contribution in [0.4, 0.5) is 0 Å². The van der Waals surface area contributed by atoms with Crippen LogP contribution in [0, 0.1) is 5.92 Å². The van der Waals surface area contributed by atoms with Gasteiger partial charge in [0.25, 0.3) is 5.91 Å². The molecule has 19 heavy (non-hydrogen) atoms. The molecule has 1 aliphatic carbocycles. The van der Waals surface area contributed by atoms with Crippen LogP contribution in [-0.4, -0.2) is 30.5 Å².